The zero-order chi connectivity index (χ0) is 13.7. The summed E-state index contributed by atoms with van der Waals surface area (Å²) in [5.74, 6) is 0. The van der Waals surface area contributed by atoms with Gasteiger partial charge in [-0.2, -0.15) is 0 Å². The molecular weight excluding hydrogens is 240 g/mol. The van der Waals surface area contributed by atoms with E-state index in [2.05, 4.69) is 57.8 Å². The normalized spacial score (nSPS) is 9.83. The van der Waals surface area contributed by atoms with Gasteiger partial charge in [0.05, 0.1) is 5.69 Å². The van der Waals surface area contributed by atoms with Crippen molar-refractivity contribution >= 4 is 16.5 Å². The molecule has 0 aliphatic rings. The first kappa shape index (κ1) is 14.7. The van der Waals surface area contributed by atoms with E-state index in [4.69, 9.17) is 5.73 Å². The fourth-order valence-electron chi connectivity index (χ4n) is 1.57. The van der Waals surface area contributed by atoms with Gasteiger partial charge in [0.2, 0.25) is 0 Å². The van der Waals surface area contributed by atoms with Crippen molar-refractivity contribution in [2.24, 2.45) is 0 Å². The highest BCUT2D eigenvalue weighted by molar-refractivity contribution is 7.15. The summed E-state index contributed by atoms with van der Waals surface area (Å²) in [5.41, 5.74) is 10.5. The average molecular weight is 262 g/mol. The van der Waals surface area contributed by atoms with Crippen LogP contribution in [0.5, 0.6) is 0 Å². The molecule has 0 amide bonds. The topological polar surface area (TPSA) is 38.9 Å². The largest absolute Gasteiger partial charge is 0.375 e. The van der Waals surface area contributed by atoms with Gasteiger partial charge in [-0.3, -0.25) is 0 Å². The van der Waals surface area contributed by atoms with E-state index in [9.17, 15) is 0 Å². The molecule has 2 nitrogen and oxygen atoms in total. The van der Waals surface area contributed by atoms with Crippen LogP contribution < -0.4 is 5.73 Å². The number of thiazole rings is 1. The summed E-state index contributed by atoms with van der Waals surface area (Å²) >= 11 is 1.54. The predicted molar refractivity (Wildman–Crippen MR) is 82.1 cm³/mol. The molecule has 18 heavy (non-hydrogen) atoms. The van der Waals surface area contributed by atoms with Crippen LogP contribution in [0.2, 0.25) is 0 Å². The minimum absolute atomic E-state index is 0.640. The molecule has 1 aromatic carbocycles. The number of nitrogens with zero attached hydrogens (tertiary/aromatic N) is 1. The van der Waals surface area contributed by atoms with Gasteiger partial charge in [0.1, 0.15) is 0 Å². The van der Waals surface area contributed by atoms with Crippen LogP contribution >= 0.6 is 11.3 Å². The molecule has 0 saturated carbocycles. The molecule has 3 heteroatoms. The third-order valence-corrected chi connectivity index (χ3v) is 3.39. The van der Waals surface area contributed by atoms with Crippen LogP contribution in [0.25, 0.3) is 11.3 Å². The standard InChI is InChI=1S/C12H14N2S.C3H8/c1-7-4-5-10(6-8(7)2)11-9(3)15-12(13)14-11;1-3-2/h4-6H,1-3H3,(H2,13,14);3H2,1-2H3. The minimum Gasteiger partial charge on any atom is -0.375 e. The van der Waals surface area contributed by atoms with Gasteiger partial charge in [-0.25, -0.2) is 4.98 Å². The predicted octanol–water partition coefficient (Wildman–Crippen LogP) is 4.73. The maximum absolute atomic E-state index is 5.69. The smallest absolute Gasteiger partial charge is 0.180 e. The van der Waals surface area contributed by atoms with Crippen molar-refractivity contribution in [2.45, 2.75) is 41.0 Å². The summed E-state index contributed by atoms with van der Waals surface area (Å²) in [4.78, 5) is 5.52. The molecule has 2 aromatic rings. The highest BCUT2D eigenvalue weighted by Crippen LogP contribution is 2.29. The molecule has 98 valence electrons. The molecule has 0 fully saturated rings. The Hall–Kier alpha value is -1.35. The van der Waals surface area contributed by atoms with Crippen molar-refractivity contribution in [3.8, 4) is 11.3 Å². The van der Waals surface area contributed by atoms with Crippen molar-refractivity contribution in [3.05, 3.63) is 34.2 Å². The van der Waals surface area contributed by atoms with Gasteiger partial charge in [0.15, 0.2) is 5.13 Å². The SMILES string of the molecule is CCC.Cc1ccc(-c2nc(N)sc2C)cc1C. The van der Waals surface area contributed by atoms with Crippen molar-refractivity contribution in [1.29, 1.82) is 0 Å². The maximum atomic E-state index is 5.69. The Morgan fingerprint density at radius 2 is 1.72 bits per heavy atom. The molecule has 0 saturated heterocycles. The quantitative estimate of drug-likeness (QED) is 0.806. The molecule has 1 heterocycles. The van der Waals surface area contributed by atoms with Gasteiger partial charge in [0, 0.05) is 10.4 Å². The lowest BCUT2D eigenvalue weighted by molar-refractivity contribution is 1.09. The highest BCUT2D eigenvalue weighted by atomic mass is 32.1. The van der Waals surface area contributed by atoms with Crippen LogP contribution in [-0.4, -0.2) is 4.98 Å². The van der Waals surface area contributed by atoms with E-state index in [1.54, 1.807) is 11.3 Å². The molecule has 2 N–H and O–H groups in total. The fraction of sp³-hybridized carbons (Fsp3) is 0.400. The van der Waals surface area contributed by atoms with E-state index >= 15 is 0 Å². The third kappa shape index (κ3) is 3.57. The van der Waals surface area contributed by atoms with Crippen LogP contribution in [0.15, 0.2) is 18.2 Å². The van der Waals surface area contributed by atoms with Crippen molar-refractivity contribution < 1.29 is 0 Å². The van der Waals surface area contributed by atoms with Crippen LogP contribution in [0, 0.1) is 20.8 Å². The van der Waals surface area contributed by atoms with Gasteiger partial charge in [0.25, 0.3) is 0 Å². The van der Waals surface area contributed by atoms with Crippen molar-refractivity contribution in [3.63, 3.8) is 0 Å². The summed E-state index contributed by atoms with van der Waals surface area (Å²) in [6, 6.07) is 6.39. The van der Waals surface area contributed by atoms with Gasteiger partial charge < -0.3 is 5.73 Å². The van der Waals surface area contributed by atoms with Gasteiger partial charge in [-0.15, -0.1) is 11.3 Å². The summed E-state index contributed by atoms with van der Waals surface area (Å²) in [6.07, 6.45) is 1.25. The lowest BCUT2D eigenvalue weighted by Crippen LogP contribution is -1.86. The Morgan fingerprint density at radius 3 is 2.17 bits per heavy atom. The summed E-state index contributed by atoms with van der Waals surface area (Å²) in [6.45, 7) is 10.5. The number of aromatic nitrogens is 1. The van der Waals surface area contributed by atoms with E-state index in [1.807, 2.05) is 0 Å². The van der Waals surface area contributed by atoms with Crippen LogP contribution in [-0.2, 0) is 0 Å². The molecule has 0 aliphatic heterocycles. The van der Waals surface area contributed by atoms with Crippen molar-refractivity contribution in [2.75, 3.05) is 5.73 Å². The second kappa shape index (κ2) is 6.55. The molecule has 2 rings (SSSR count). The monoisotopic (exact) mass is 262 g/mol. The number of aryl methyl sites for hydroxylation is 3. The van der Waals surface area contributed by atoms with Crippen molar-refractivity contribution in [1.82, 2.24) is 4.98 Å². The first-order valence-electron chi connectivity index (χ1n) is 6.30. The lowest BCUT2D eigenvalue weighted by atomic mass is 10.0. The number of hydrogen-bond acceptors (Lipinski definition) is 3. The maximum Gasteiger partial charge on any atom is 0.180 e. The van der Waals surface area contributed by atoms with Gasteiger partial charge in [-0.05, 0) is 38.0 Å². The minimum atomic E-state index is 0.640. The van der Waals surface area contributed by atoms with E-state index in [-0.39, 0.29) is 0 Å². The Morgan fingerprint density at radius 1 is 1.11 bits per heavy atom. The molecular formula is C15H22N2S. The Kier molecular flexibility index (Phi) is 5.35. The second-order valence-electron chi connectivity index (χ2n) is 4.46. The molecule has 1 aromatic heterocycles. The molecule has 0 bridgehead atoms. The lowest BCUT2D eigenvalue weighted by Gasteiger charge is -2.03. The number of hydrogen-bond donors (Lipinski definition) is 1. The fourth-order valence-corrected chi connectivity index (χ4v) is 2.28. The average Bonchev–Trinajstić information content (AvgIpc) is 2.63. The van der Waals surface area contributed by atoms with Gasteiger partial charge in [-0.1, -0.05) is 32.4 Å². The molecule has 0 spiro atoms. The van der Waals surface area contributed by atoms with Gasteiger partial charge >= 0.3 is 0 Å². The van der Waals surface area contributed by atoms with Crippen LogP contribution in [0.1, 0.15) is 36.3 Å². The molecule has 0 atom stereocenters. The Bertz CT molecular complexity index is 515. The molecule has 0 radical (unpaired) electrons. The first-order valence-corrected chi connectivity index (χ1v) is 7.11. The summed E-state index contributed by atoms with van der Waals surface area (Å²) in [7, 11) is 0. The first-order chi connectivity index (χ1) is 8.49. The Balaban J connectivity index is 0.000000492. The van der Waals surface area contributed by atoms with Crippen LogP contribution in [0.4, 0.5) is 5.13 Å². The zero-order valence-corrected chi connectivity index (χ0v) is 12.7. The Labute approximate surface area is 114 Å². The number of rotatable bonds is 1. The third-order valence-electron chi connectivity index (χ3n) is 2.59. The zero-order valence-electron chi connectivity index (χ0n) is 11.9. The van der Waals surface area contributed by atoms with E-state index < -0.39 is 0 Å². The molecule has 0 aliphatic carbocycles. The molecule has 0 unspecified atom stereocenters. The van der Waals surface area contributed by atoms with E-state index in [0.29, 0.717) is 5.13 Å². The van der Waals surface area contributed by atoms with Crippen LogP contribution in [0.3, 0.4) is 0 Å². The summed E-state index contributed by atoms with van der Waals surface area (Å²) in [5, 5.41) is 0.640. The number of nitrogen functional groups attached to an aromatic ring is 1. The summed E-state index contributed by atoms with van der Waals surface area (Å²) < 4.78 is 0. The number of anilines is 1. The number of nitrogens with two attached hydrogens (primary N) is 1. The number of benzene rings is 1. The van der Waals surface area contributed by atoms with E-state index in [0.717, 1.165) is 11.3 Å². The van der Waals surface area contributed by atoms with E-state index in [1.165, 1.54) is 22.4 Å². The second-order valence-corrected chi connectivity index (χ2v) is 5.70. The highest BCUT2D eigenvalue weighted by Gasteiger charge is 2.08.